The molecule has 1 aliphatic heterocycles. The SMILES string of the molecule is OCC[NH2+][C@@H]1Cc2cc(Cl)ccc2Sc2ccccc21. The Morgan fingerprint density at radius 1 is 1.20 bits per heavy atom. The van der Waals surface area contributed by atoms with Crippen molar-refractivity contribution in [2.24, 2.45) is 0 Å². The van der Waals surface area contributed by atoms with Crippen molar-refractivity contribution in [3.8, 4) is 0 Å². The van der Waals surface area contributed by atoms with Crippen LogP contribution in [0.4, 0.5) is 0 Å². The van der Waals surface area contributed by atoms with E-state index in [-0.39, 0.29) is 6.61 Å². The van der Waals surface area contributed by atoms with Crippen LogP contribution in [0.25, 0.3) is 0 Å². The molecule has 0 amide bonds. The molecule has 0 fully saturated rings. The van der Waals surface area contributed by atoms with Crippen LogP contribution in [0, 0.1) is 0 Å². The molecule has 0 saturated carbocycles. The molecule has 4 heteroatoms. The standard InChI is InChI=1S/C16H16ClNOS/c17-12-5-6-15-11(9-12)10-14(18-7-8-19)13-3-1-2-4-16(13)20-15/h1-6,9,14,18-19H,7-8,10H2/p+1/t14-/m1/s1. The molecule has 0 unspecified atom stereocenters. The summed E-state index contributed by atoms with van der Waals surface area (Å²) in [6.07, 6.45) is 0.944. The lowest BCUT2D eigenvalue weighted by molar-refractivity contribution is -0.697. The number of quaternary nitrogens is 1. The molecule has 1 aliphatic rings. The van der Waals surface area contributed by atoms with Crippen LogP contribution in [0.2, 0.25) is 5.02 Å². The average molecular weight is 307 g/mol. The number of benzene rings is 2. The molecule has 0 saturated heterocycles. The average Bonchev–Trinajstić information content (AvgIpc) is 2.61. The molecule has 0 aliphatic carbocycles. The normalized spacial score (nSPS) is 17.2. The summed E-state index contributed by atoms with van der Waals surface area (Å²) in [5.74, 6) is 0. The summed E-state index contributed by atoms with van der Waals surface area (Å²) in [5.41, 5.74) is 2.64. The maximum atomic E-state index is 9.10. The van der Waals surface area contributed by atoms with Gasteiger partial charge < -0.3 is 10.4 Å². The molecular weight excluding hydrogens is 290 g/mol. The lowest BCUT2D eigenvalue weighted by Crippen LogP contribution is -2.86. The molecule has 1 atom stereocenters. The third-order valence-electron chi connectivity index (χ3n) is 3.58. The van der Waals surface area contributed by atoms with Gasteiger partial charge in [0, 0.05) is 26.8 Å². The monoisotopic (exact) mass is 306 g/mol. The van der Waals surface area contributed by atoms with Crippen LogP contribution in [-0.4, -0.2) is 18.3 Å². The predicted molar refractivity (Wildman–Crippen MR) is 82.3 cm³/mol. The largest absolute Gasteiger partial charge is 0.391 e. The fraction of sp³-hybridized carbons (Fsp3) is 0.250. The Labute approximate surface area is 128 Å². The van der Waals surface area contributed by atoms with Crippen LogP contribution in [0.15, 0.2) is 52.3 Å². The second-order valence-electron chi connectivity index (χ2n) is 4.95. The smallest absolute Gasteiger partial charge is 0.117 e. The lowest BCUT2D eigenvalue weighted by atomic mass is 9.99. The van der Waals surface area contributed by atoms with Gasteiger partial charge in [0.25, 0.3) is 0 Å². The van der Waals surface area contributed by atoms with Crippen LogP contribution in [0.5, 0.6) is 0 Å². The zero-order valence-electron chi connectivity index (χ0n) is 11.1. The number of aliphatic hydroxyl groups excluding tert-OH is 1. The Kier molecular flexibility index (Phi) is 4.32. The van der Waals surface area contributed by atoms with Crippen LogP contribution >= 0.6 is 23.4 Å². The Hall–Kier alpha value is -1.00. The highest BCUT2D eigenvalue weighted by atomic mass is 35.5. The number of nitrogens with two attached hydrogens (primary N) is 1. The lowest BCUT2D eigenvalue weighted by Gasteiger charge is -2.15. The van der Waals surface area contributed by atoms with E-state index in [0.717, 1.165) is 18.0 Å². The molecule has 0 radical (unpaired) electrons. The molecule has 2 aromatic rings. The first-order valence-corrected chi connectivity index (χ1v) is 7.97. The summed E-state index contributed by atoms with van der Waals surface area (Å²) in [6, 6.07) is 15.0. The number of hydrogen-bond acceptors (Lipinski definition) is 2. The quantitative estimate of drug-likeness (QED) is 0.915. The molecule has 2 aromatic carbocycles. The highest BCUT2D eigenvalue weighted by Crippen LogP contribution is 2.40. The summed E-state index contributed by atoms with van der Waals surface area (Å²) in [7, 11) is 0. The van der Waals surface area contributed by atoms with Gasteiger partial charge in [-0.15, -0.1) is 0 Å². The zero-order chi connectivity index (χ0) is 13.9. The van der Waals surface area contributed by atoms with Crippen molar-refractivity contribution in [2.75, 3.05) is 13.2 Å². The van der Waals surface area contributed by atoms with Crippen molar-refractivity contribution < 1.29 is 10.4 Å². The van der Waals surface area contributed by atoms with Crippen molar-refractivity contribution in [3.63, 3.8) is 0 Å². The van der Waals surface area contributed by atoms with Crippen molar-refractivity contribution in [1.82, 2.24) is 0 Å². The molecule has 0 aromatic heterocycles. The van der Waals surface area contributed by atoms with E-state index in [1.165, 1.54) is 20.9 Å². The number of hydrogen-bond donors (Lipinski definition) is 2. The van der Waals surface area contributed by atoms with E-state index >= 15 is 0 Å². The number of aliphatic hydroxyl groups is 1. The zero-order valence-corrected chi connectivity index (χ0v) is 12.6. The number of fused-ring (bicyclic) bond motifs is 2. The van der Waals surface area contributed by atoms with Gasteiger partial charge in [0.2, 0.25) is 0 Å². The fourth-order valence-electron chi connectivity index (χ4n) is 2.64. The Balaban J connectivity index is 2.02. The third-order valence-corrected chi connectivity index (χ3v) is 5.03. The summed E-state index contributed by atoms with van der Waals surface area (Å²) in [4.78, 5) is 2.58. The van der Waals surface area contributed by atoms with Crippen molar-refractivity contribution in [1.29, 1.82) is 0 Å². The van der Waals surface area contributed by atoms with Crippen LogP contribution in [0.1, 0.15) is 17.2 Å². The molecule has 3 N–H and O–H groups in total. The van der Waals surface area contributed by atoms with Gasteiger partial charge >= 0.3 is 0 Å². The van der Waals surface area contributed by atoms with E-state index in [2.05, 4.69) is 41.7 Å². The topological polar surface area (TPSA) is 36.8 Å². The Morgan fingerprint density at radius 2 is 2.05 bits per heavy atom. The van der Waals surface area contributed by atoms with Gasteiger partial charge in [-0.1, -0.05) is 41.6 Å². The summed E-state index contributed by atoms with van der Waals surface area (Å²) in [6.45, 7) is 0.924. The predicted octanol–water partition coefficient (Wildman–Crippen LogP) is 2.64. The Bertz CT molecular complexity index is 617. The van der Waals surface area contributed by atoms with Gasteiger partial charge in [0.1, 0.15) is 6.04 Å². The van der Waals surface area contributed by atoms with Gasteiger partial charge in [-0.2, -0.15) is 0 Å². The van der Waals surface area contributed by atoms with Crippen LogP contribution in [-0.2, 0) is 6.42 Å². The van der Waals surface area contributed by atoms with Gasteiger partial charge in [-0.25, -0.2) is 0 Å². The molecule has 2 nitrogen and oxygen atoms in total. The second kappa shape index (κ2) is 6.19. The molecule has 104 valence electrons. The summed E-state index contributed by atoms with van der Waals surface area (Å²) >= 11 is 7.94. The number of rotatable bonds is 3. The van der Waals surface area contributed by atoms with E-state index in [1.807, 2.05) is 17.8 Å². The van der Waals surface area contributed by atoms with E-state index < -0.39 is 0 Å². The van der Waals surface area contributed by atoms with Crippen molar-refractivity contribution >= 4 is 23.4 Å². The highest BCUT2D eigenvalue weighted by Gasteiger charge is 2.24. The minimum absolute atomic E-state index is 0.203. The van der Waals surface area contributed by atoms with Gasteiger partial charge in [0.15, 0.2) is 0 Å². The van der Waals surface area contributed by atoms with Crippen molar-refractivity contribution in [3.05, 3.63) is 58.6 Å². The minimum Gasteiger partial charge on any atom is -0.391 e. The van der Waals surface area contributed by atoms with Crippen LogP contribution < -0.4 is 5.32 Å². The third kappa shape index (κ3) is 2.86. The van der Waals surface area contributed by atoms with E-state index in [1.54, 1.807) is 0 Å². The summed E-state index contributed by atoms with van der Waals surface area (Å²) < 4.78 is 0. The van der Waals surface area contributed by atoms with E-state index in [9.17, 15) is 0 Å². The van der Waals surface area contributed by atoms with Gasteiger partial charge in [-0.05, 0) is 29.8 Å². The molecule has 1 heterocycles. The Morgan fingerprint density at radius 3 is 2.90 bits per heavy atom. The first-order valence-electron chi connectivity index (χ1n) is 6.77. The second-order valence-corrected chi connectivity index (χ2v) is 6.47. The highest BCUT2D eigenvalue weighted by molar-refractivity contribution is 7.99. The van der Waals surface area contributed by atoms with Gasteiger partial charge in [0.05, 0.1) is 13.2 Å². The molecular formula is C16H17ClNOS+. The maximum absolute atomic E-state index is 9.10. The maximum Gasteiger partial charge on any atom is 0.117 e. The molecule has 0 spiro atoms. The summed E-state index contributed by atoms with van der Waals surface area (Å²) in [5, 5.41) is 12.1. The minimum atomic E-state index is 0.203. The fourth-order valence-corrected chi connectivity index (χ4v) is 3.96. The van der Waals surface area contributed by atoms with E-state index in [0.29, 0.717) is 6.04 Å². The van der Waals surface area contributed by atoms with Crippen molar-refractivity contribution in [2.45, 2.75) is 22.3 Å². The molecule has 0 bridgehead atoms. The van der Waals surface area contributed by atoms with Crippen LogP contribution in [0.3, 0.4) is 0 Å². The van der Waals surface area contributed by atoms with E-state index in [4.69, 9.17) is 16.7 Å². The first-order chi connectivity index (χ1) is 9.78. The number of halogens is 1. The molecule has 3 rings (SSSR count). The van der Waals surface area contributed by atoms with Gasteiger partial charge in [-0.3, -0.25) is 0 Å². The molecule has 20 heavy (non-hydrogen) atoms. The first kappa shape index (κ1) is 14.0.